The molecular weight excluding hydrogens is 270 g/mol. The average Bonchev–Trinajstić information content (AvgIpc) is 2.48. The predicted molar refractivity (Wildman–Crippen MR) is 85.3 cm³/mol. The number of rotatable bonds is 6. The highest BCUT2D eigenvalue weighted by Crippen LogP contribution is 2.22. The molecule has 0 aliphatic heterocycles. The van der Waals surface area contributed by atoms with Crippen molar-refractivity contribution in [3.63, 3.8) is 0 Å². The summed E-state index contributed by atoms with van der Waals surface area (Å²) in [5.41, 5.74) is 2.11. The first-order valence-electron chi connectivity index (χ1n) is 6.90. The summed E-state index contributed by atoms with van der Waals surface area (Å²) in [7, 11) is 0. The molecule has 0 aliphatic carbocycles. The highest BCUT2D eigenvalue weighted by molar-refractivity contribution is 6.33. The molecule has 2 nitrogen and oxygen atoms in total. The van der Waals surface area contributed by atoms with Crippen LogP contribution in [0.1, 0.15) is 18.9 Å². The maximum Gasteiger partial charge on any atom is 0.0741 e. The number of hydrogen-bond acceptors (Lipinski definition) is 2. The summed E-state index contributed by atoms with van der Waals surface area (Å²) in [6.07, 6.45) is 1.19. The Labute approximate surface area is 125 Å². The van der Waals surface area contributed by atoms with Crippen LogP contribution < -0.4 is 5.32 Å². The van der Waals surface area contributed by atoms with Gasteiger partial charge in [0.15, 0.2) is 0 Å². The topological polar surface area (TPSA) is 32.3 Å². The van der Waals surface area contributed by atoms with Crippen molar-refractivity contribution in [2.45, 2.75) is 31.9 Å². The SMILES string of the molecule is C[C@@H](Nc1ccccc1Cl)[C@H](O)CCc1ccccc1. The number of aryl methyl sites for hydroxylation is 1. The number of nitrogens with one attached hydrogen (secondary N) is 1. The third-order valence-electron chi connectivity index (χ3n) is 3.41. The molecular formula is C17H20ClNO. The van der Waals surface area contributed by atoms with Gasteiger partial charge in [-0.2, -0.15) is 0 Å². The lowest BCUT2D eigenvalue weighted by atomic mass is 10.0. The van der Waals surface area contributed by atoms with Crippen LogP contribution >= 0.6 is 11.6 Å². The molecule has 0 fully saturated rings. The number of aliphatic hydroxyl groups is 1. The van der Waals surface area contributed by atoms with Crippen LogP contribution in [0.5, 0.6) is 0 Å². The van der Waals surface area contributed by atoms with Crippen LogP contribution in [0.2, 0.25) is 5.02 Å². The van der Waals surface area contributed by atoms with Crippen molar-refractivity contribution in [3.8, 4) is 0 Å². The van der Waals surface area contributed by atoms with E-state index in [-0.39, 0.29) is 6.04 Å². The zero-order valence-electron chi connectivity index (χ0n) is 11.6. The van der Waals surface area contributed by atoms with Gasteiger partial charge in [-0.15, -0.1) is 0 Å². The Kier molecular flexibility index (Phi) is 5.45. The average molecular weight is 290 g/mol. The Bertz CT molecular complexity index is 530. The molecule has 0 radical (unpaired) electrons. The molecule has 2 N–H and O–H groups in total. The summed E-state index contributed by atoms with van der Waals surface area (Å²) < 4.78 is 0. The minimum absolute atomic E-state index is 0.0430. The van der Waals surface area contributed by atoms with Crippen molar-refractivity contribution in [3.05, 3.63) is 65.2 Å². The van der Waals surface area contributed by atoms with Gasteiger partial charge in [-0.25, -0.2) is 0 Å². The number of aliphatic hydroxyl groups excluding tert-OH is 1. The second-order valence-corrected chi connectivity index (χ2v) is 5.41. The van der Waals surface area contributed by atoms with Crippen LogP contribution in [0.25, 0.3) is 0 Å². The van der Waals surface area contributed by atoms with Crippen molar-refractivity contribution in [1.29, 1.82) is 0 Å². The van der Waals surface area contributed by atoms with Gasteiger partial charge in [-0.1, -0.05) is 54.1 Å². The number of halogens is 1. The second kappa shape index (κ2) is 7.32. The van der Waals surface area contributed by atoms with E-state index in [1.54, 1.807) is 0 Å². The molecule has 3 heteroatoms. The lowest BCUT2D eigenvalue weighted by molar-refractivity contribution is 0.148. The van der Waals surface area contributed by atoms with E-state index in [0.29, 0.717) is 5.02 Å². The largest absolute Gasteiger partial charge is 0.391 e. The quantitative estimate of drug-likeness (QED) is 0.838. The lowest BCUT2D eigenvalue weighted by Gasteiger charge is -2.22. The summed E-state index contributed by atoms with van der Waals surface area (Å²) in [4.78, 5) is 0. The normalized spacial score (nSPS) is 13.8. The van der Waals surface area contributed by atoms with Crippen LogP contribution in [0.3, 0.4) is 0 Å². The van der Waals surface area contributed by atoms with E-state index in [4.69, 9.17) is 11.6 Å². The first-order chi connectivity index (χ1) is 9.66. The highest BCUT2D eigenvalue weighted by Gasteiger charge is 2.14. The number of benzene rings is 2. The van der Waals surface area contributed by atoms with Gasteiger partial charge in [0.2, 0.25) is 0 Å². The van der Waals surface area contributed by atoms with E-state index < -0.39 is 6.10 Å². The maximum absolute atomic E-state index is 10.2. The Balaban J connectivity index is 1.86. The maximum atomic E-state index is 10.2. The van der Waals surface area contributed by atoms with E-state index in [2.05, 4.69) is 17.4 Å². The van der Waals surface area contributed by atoms with E-state index >= 15 is 0 Å². The molecule has 0 saturated carbocycles. The minimum Gasteiger partial charge on any atom is -0.391 e. The van der Waals surface area contributed by atoms with Crippen LogP contribution in [0, 0.1) is 0 Å². The van der Waals surface area contributed by atoms with E-state index in [1.165, 1.54) is 5.56 Å². The molecule has 0 aromatic heterocycles. The molecule has 2 aromatic rings. The molecule has 0 unspecified atom stereocenters. The van der Waals surface area contributed by atoms with Crippen molar-refractivity contribution in [2.24, 2.45) is 0 Å². The number of anilines is 1. The van der Waals surface area contributed by atoms with Gasteiger partial charge in [0.05, 0.1) is 16.8 Å². The van der Waals surface area contributed by atoms with E-state index in [1.807, 2.05) is 49.4 Å². The van der Waals surface area contributed by atoms with Crippen molar-refractivity contribution in [2.75, 3.05) is 5.32 Å². The highest BCUT2D eigenvalue weighted by atomic mass is 35.5. The summed E-state index contributed by atoms with van der Waals surface area (Å²) >= 11 is 6.10. The molecule has 20 heavy (non-hydrogen) atoms. The molecule has 0 bridgehead atoms. The van der Waals surface area contributed by atoms with Gasteiger partial charge < -0.3 is 10.4 Å². The van der Waals surface area contributed by atoms with E-state index in [0.717, 1.165) is 18.5 Å². The molecule has 106 valence electrons. The summed E-state index contributed by atoms with van der Waals surface area (Å²) in [5, 5.41) is 14.2. The standard InChI is InChI=1S/C17H20ClNO/c1-13(19-16-10-6-5-9-15(16)18)17(20)12-11-14-7-3-2-4-8-14/h2-10,13,17,19-20H,11-12H2,1H3/t13-,17-/m1/s1. The van der Waals surface area contributed by atoms with E-state index in [9.17, 15) is 5.11 Å². The zero-order valence-corrected chi connectivity index (χ0v) is 12.3. The third kappa shape index (κ3) is 4.26. The van der Waals surface area contributed by atoms with Crippen molar-refractivity contribution < 1.29 is 5.11 Å². The Morgan fingerprint density at radius 1 is 1.05 bits per heavy atom. The second-order valence-electron chi connectivity index (χ2n) is 5.00. The first-order valence-corrected chi connectivity index (χ1v) is 7.27. The number of hydrogen-bond donors (Lipinski definition) is 2. The molecule has 2 rings (SSSR count). The fraction of sp³-hybridized carbons (Fsp3) is 0.294. The molecule has 2 atom stereocenters. The van der Waals surface area contributed by atoms with Crippen LogP contribution in [0.15, 0.2) is 54.6 Å². The summed E-state index contributed by atoms with van der Waals surface area (Å²) in [6.45, 7) is 1.97. The molecule has 0 spiro atoms. The smallest absolute Gasteiger partial charge is 0.0741 e. The molecule has 0 heterocycles. The zero-order chi connectivity index (χ0) is 14.4. The Morgan fingerprint density at radius 3 is 2.40 bits per heavy atom. The van der Waals surface area contributed by atoms with Crippen molar-refractivity contribution in [1.82, 2.24) is 0 Å². The monoisotopic (exact) mass is 289 g/mol. The molecule has 2 aromatic carbocycles. The fourth-order valence-corrected chi connectivity index (χ4v) is 2.32. The van der Waals surface area contributed by atoms with Crippen molar-refractivity contribution >= 4 is 17.3 Å². The summed E-state index contributed by atoms with van der Waals surface area (Å²) in [5.74, 6) is 0. The van der Waals surface area contributed by atoms with Crippen LogP contribution in [-0.4, -0.2) is 17.3 Å². The van der Waals surface area contributed by atoms with Gasteiger partial charge in [-0.3, -0.25) is 0 Å². The lowest BCUT2D eigenvalue weighted by Crippen LogP contribution is -2.31. The molecule has 0 amide bonds. The first kappa shape index (κ1) is 14.9. The molecule has 0 saturated heterocycles. The fourth-order valence-electron chi connectivity index (χ4n) is 2.13. The molecule has 0 aliphatic rings. The third-order valence-corrected chi connectivity index (χ3v) is 3.74. The van der Waals surface area contributed by atoms with Gasteiger partial charge >= 0.3 is 0 Å². The van der Waals surface area contributed by atoms with Gasteiger partial charge in [0.25, 0.3) is 0 Å². The van der Waals surface area contributed by atoms with Crippen LogP contribution in [0.4, 0.5) is 5.69 Å². The summed E-state index contributed by atoms with van der Waals surface area (Å²) in [6, 6.07) is 17.7. The Morgan fingerprint density at radius 2 is 1.70 bits per heavy atom. The Hall–Kier alpha value is -1.51. The van der Waals surface area contributed by atoms with Gasteiger partial charge in [-0.05, 0) is 37.5 Å². The predicted octanol–water partition coefficient (Wildman–Crippen LogP) is 4.13. The van der Waals surface area contributed by atoms with Gasteiger partial charge in [0, 0.05) is 6.04 Å². The van der Waals surface area contributed by atoms with Crippen LogP contribution in [-0.2, 0) is 6.42 Å². The van der Waals surface area contributed by atoms with Gasteiger partial charge in [0.1, 0.15) is 0 Å². The minimum atomic E-state index is -0.411. The number of para-hydroxylation sites is 1.